The lowest BCUT2D eigenvalue weighted by Gasteiger charge is -2.15. The molecule has 2 aromatic rings. The van der Waals surface area contributed by atoms with Gasteiger partial charge in [0.05, 0.1) is 6.61 Å². The predicted octanol–water partition coefficient (Wildman–Crippen LogP) is 4.56. The molecule has 26 heavy (non-hydrogen) atoms. The number of carbonyl (C=O) groups is 1. The monoisotopic (exact) mass is 375 g/mol. The standard InChI is InChI=1S/C21H26ClNO3/c1-4-25-20-10-6-5-8-17(20)9-7-13-23-21(24)16(3)26-18-11-12-19(22)15(2)14-18/h5-6,8,10-12,14,16H,4,7,9,13H2,1-3H3,(H,23,24). The maximum atomic E-state index is 12.2. The number of nitrogens with one attached hydrogen (secondary N) is 1. The van der Waals surface area contributed by atoms with E-state index >= 15 is 0 Å². The molecule has 1 atom stereocenters. The van der Waals surface area contributed by atoms with Crippen molar-refractivity contribution >= 4 is 17.5 Å². The number of ether oxygens (including phenoxy) is 2. The molecule has 0 aliphatic heterocycles. The Labute approximate surface area is 160 Å². The predicted molar refractivity (Wildman–Crippen MR) is 105 cm³/mol. The van der Waals surface area contributed by atoms with Crippen molar-refractivity contribution in [3.63, 3.8) is 0 Å². The van der Waals surface area contributed by atoms with E-state index < -0.39 is 6.10 Å². The van der Waals surface area contributed by atoms with Crippen LogP contribution in [-0.4, -0.2) is 25.2 Å². The van der Waals surface area contributed by atoms with Gasteiger partial charge in [0.15, 0.2) is 6.10 Å². The van der Waals surface area contributed by atoms with Crippen LogP contribution >= 0.6 is 11.6 Å². The van der Waals surface area contributed by atoms with Crippen LogP contribution < -0.4 is 14.8 Å². The van der Waals surface area contributed by atoms with Crippen LogP contribution in [0.4, 0.5) is 0 Å². The topological polar surface area (TPSA) is 47.6 Å². The maximum absolute atomic E-state index is 12.2. The number of hydrogen-bond acceptors (Lipinski definition) is 3. The van der Waals surface area contributed by atoms with Crippen LogP contribution in [0.3, 0.4) is 0 Å². The highest BCUT2D eigenvalue weighted by molar-refractivity contribution is 6.31. The number of halogens is 1. The fraction of sp³-hybridized carbons (Fsp3) is 0.381. The van der Waals surface area contributed by atoms with Crippen molar-refractivity contribution in [3.8, 4) is 11.5 Å². The first-order valence-corrected chi connectivity index (χ1v) is 9.30. The Kier molecular flexibility index (Phi) is 7.79. The number of amides is 1. The SMILES string of the molecule is CCOc1ccccc1CCCNC(=O)C(C)Oc1ccc(Cl)c(C)c1. The van der Waals surface area contributed by atoms with E-state index in [1.165, 1.54) is 0 Å². The van der Waals surface area contributed by atoms with Gasteiger partial charge in [-0.25, -0.2) is 0 Å². The molecule has 2 rings (SSSR count). The van der Waals surface area contributed by atoms with Gasteiger partial charge in [-0.15, -0.1) is 0 Å². The molecule has 140 valence electrons. The number of para-hydroxylation sites is 1. The van der Waals surface area contributed by atoms with Gasteiger partial charge in [-0.3, -0.25) is 4.79 Å². The third kappa shape index (κ3) is 5.95. The first kappa shape index (κ1) is 20.1. The molecular formula is C21H26ClNO3. The number of carbonyl (C=O) groups excluding carboxylic acids is 1. The summed E-state index contributed by atoms with van der Waals surface area (Å²) in [4.78, 5) is 12.2. The molecule has 0 heterocycles. The van der Waals surface area contributed by atoms with E-state index in [1.807, 2.05) is 38.1 Å². The van der Waals surface area contributed by atoms with E-state index in [0.29, 0.717) is 23.9 Å². The lowest BCUT2D eigenvalue weighted by molar-refractivity contribution is -0.127. The molecule has 0 spiro atoms. The molecule has 1 N–H and O–H groups in total. The van der Waals surface area contributed by atoms with E-state index in [1.54, 1.807) is 19.1 Å². The lowest BCUT2D eigenvalue weighted by atomic mass is 10.1. The second-order valence-electron chi connectivity index (χ2n) is 6.11. The summed E-state index contributed by atoms with van der Waals surface area (Å²) in [6, 6.07) is 13.4. The van der Waals surface area contributed by atoms with Crippen molar-refractivity contribution < 1.29 is 14.3 Å². The highest BCUT2D eigenvalue weighted by atomic mass is 35.5. The van der Waals surface area contributed by atoms with Gasteiger partial charge in [0.25, 0.3) is 5.91 Å². The van der Waals surface area contributed by atoms with E-state index in [0.717, 1.165) is 29.7 Å². The minimum atomic E-state index is -0.564. The van der Waals surface area contributed by atoms with E-state index in [2.05, 4.69) is 11.4 Å². The quantitative estimate of drug-likeness (QED) is 0.653. The summed E-state index contributed by atoms with van der Waals surface area (Å²) in [6.07, 6.45) is 1.12. The van der Waals surface area contributed by atoms with Gasteiger partial charge < -0.3 is 14.8 Å². The molecule has 1 amide bonds. The molecule has 1 unspecified atom stereocenters. The lowest BCUT2D eigenvalue weighted by Crippen LogP contribution is -2.36. The van der Waals surface area contributed by atoms with Gasteiger partial charge in [-0.2, -0.15) is 0 Å². The van der Waals surface area contributed by atoms with Gasteiger partial charge in [-0.1, -0.05) is 29.8 Å². The number of benzene rings is 2. The Morgan fingerprint density at radius 3 is 2.73 bits per heavy atom. The summed E-state index contributed by atoms with van der Waals surface area (Å²) in [5.41, 5.74) is 2.08. The fourth-order valence-electron chi connectivity index (χ4n) is 2.59. The van der Waals surface area contributed by atoms with Gasteiger partial charge in [0.2, 0.25) is 0 Å². The zero-order valence-electron chi connectivity index (χ0n) is 15.5. The fourth-order valence-corrected chi connectivity index (χ4v) is 2.71. The first-order valence-electron chi connectivity index (χ1n) is 8.92. The van der Waals surface area contributed by atoms with Gasteiger partial charge in [0.1, 0.15) is 11.5 Å². The van der Waals surface area contributed by atoms with Crippen LogP contribution in [-0.2, 0) is 11.2 Å². The van der Waals surface area contributed by atoms with Crippen molar-refractivity contribution in [2.24, 2.45) is 0 Å². The molecule has 0 fully saturated rings. The van der Waals surface area contributed by atoms with Crippen LogP contribution in [0.5, 0.6) is 11.5 Å². The molecule has 4 nitrogen and oxygen atoms in total. The van der Waals surface area contributed by atoms with Crippen molar-refractivity contribution in [2.75, 3.05) is 13.2 Å². The van der Waals surface area contributed by atoms with E-state index in [-0.39, 0.29) is 5.91 Å². The zero-order chi connectivity index (χ0) is 18.9. The Morgan fingerprint density at radius 1 is 1.23 bits per heavy atom. The summed E-state index contributed by atoms with van der Waals surface area (Å²) in [7, 11) is 0. The Morgan fingerprint density at radius 2 is 2.00 bits per heavy atom. The average molecular weight is 376 g/mol. The molecular weight excluding hydrogens is 350 g/mol. The molecule has 0 aliphatic rings. The maximum Gasteiger partial charge on any atom is 0.260 e. The number of hydrogen-bond donors (Lipinski definition) is 1. The molecule has 5 heteroatoms. The smallest absolute Gasteiger partial charge is 0.260 e. The van der Waals surface area contributed by atoms with Crippen LogP contribution in [0.25, 0.3) is 0 Å². The van der Waals surface area contributed by atoms with E-state index in [9.17, 15) is 4.79 Å². The average Bonchev–Trinajstić information content (AvgIpc) is 2.63. The Balaban J connectivity index is 1.77. The van der Waals surface area contributed by atoms with E-state index in [4.69, 9.17) is 21.1 Å². The normalized spacial score (nSPS) is 11.7. The molecule has 0 saturated heterocycles. The van der Waals surface area contributed by atoms with Gasteiger partial charge in [0, 0.05) is 11.6 Å². The first-order chi connectivity index (χ1) is 12.5. The molecule has 0 bridgehead atoms. The number of rotatable bonds is 9. The highest BCUT2D eigenvalue weighted by Gasteiger charge is 2.14. The minimum Gasteiger partial charge on any atom is -0.494 e. The third-order valence-corrected chi connectivity index (χ3v) is 4.43. The van der Waals surface area contributed by atoms with Crippen molar-refractivity contribution in [3.05, 3.63) is 58.6 Å². The number of aryl methyl sites for hydroxylation is 2. The summed E-state index contributed by atoms with van der Waals surface area (Å²) in [6.45, 7) is 6.85. The molecule has 0 saturated carbocycles. The van der Waals surface area contributed by atoms with Crippen LogP contribution in [0.15, 0.2) is 42.5 Å². The van der Waals surface area contributed by atoms with Crippen molar-refractivity contribution in [2.45, 2.75) is 39.7 Å². The Hall–Kier alpha value is -2.20. The van der Waals surface area contributed by atoms with Crippen molar-refractivity contribution in [1.29, 1.82) is 0 Å². The molecule has 0 radical (unpaired) electrons. The van der Waals surface area contributed by atoms with Gasteiger partial charge >= 0.3 is 0 Å². The largest absolute Gasteiger partial charge is 0.494 e. The third-order valence-electron chi connectivity index (χ3n) is 4.01. The molecule has 0 aromatic heterocycles. The summed E-state index contributed by atoms with van der Waals surface area (Å²) < 4.78 is 11.3. The molecule has 0 aliphatic carbocycles. The van der Waals surface area contributed by atoms with Gasteiger partial charge in [-0.05, 0) is 69.0 Å². The Bertz CT molecular complexity index is 733. The van der Waals surface area contributed by atoms with Crippen molar-refractivity contribution in [1.82, 2.24) is 5.32 Å². The van der Waals surface area contributed by atoms with Crippen LogP contribution in [0.1, 0.15) is 31.4 Å². The summed E-state index contributed by atoms with van der Waals surface area (Å²) in [5, 5.41) is 3.60. The van der Waals surface area contributed by atoms with Crippen LogP contribution in [0, 0.1) is 6.92 Å². The van der Waals surface area contributed by atoms with Crippen LogP contribution in [0.2, 0.25) is 5.02 Å². The minimum absolute atomic E-state index is 0.129. The zero-order valence-corrected chi connectivity index (χ0v) is 16.3. The second kappa shape index (κ2) is 10.1. The molecule has 2 aromatic carbocycles. The summed E-state index contributed by atoms with van der Waals surface area (Å²) >= 11 is 6.00. The second-order valence-corrected chi connectivity index (χ2v) is 6.51. The highest BCUT2D eigenvalue weighted by Crippen LogP contribution is 2.22. The summed E-state index contributed by atoms with van der Waals surface area (Å²) in [5.74, 6) is 1.42.